The fraction of sp³-hybridized carbons (Fsp3) is 1.00. The molecule has 20 heavy (non-hydrogen) atoms. The highest BCUT2D eigenvalue weighted by Crippen LogP contribution is 2.33. The standard InChI is InChI=1S/C18H35NO/c1-17(2,3)19-15-18(12-6-4-5-7-13-18)20-14-11-16-9-8-10-16/h16,19H,4-15H2,1-3H3. The summed E-state index contributed by atoms with van der Waals surface area (Å²) in [6.45, 7) is 8.78. The molecule has 0 bridgehead atoms. The van der Waals surface area contributed by atoms with Gasteiger partial charge in [-0.3, -0.25) is 0 Å². The second kappa shape index (κ2) is 7.26. The molecule has 0 aromatic heterocycles. The molecule has 0 amide bonds. The van der Waals surface area contributed by atoms with E-state index in [4.69, 9.17) is 4.74 Å². The zero-order valence-electron chi connectivity index (χ0n) is 14.0. The van der Waals surface area contributed by atoms with Crippen LogP contribution in [0.3, 0.4) is 0 Å². The lowest BCUT2D eigenvalue weighted by Crippen LogP contribution is -2.49. The molecule has 2 saturated carbocycles. The Labute approximate surface area is 126 Å². The minimum Gasteiger partial charge on any atom is -0.374 e. The summed E-state index contributed by atoms with van der Waals surface area (Å²) in [4.78, 5) is 0. The third-order valence-electron chi connectivity index (χ3n) is 5.11. The Hall–Kier alpha value is -0.0800. The van der Waals surface area contributed by atoms with E-state index in [2.05, 4.69) is 26.1 Å². The topological polar surface area (TPSA) is 21.3 Å². The van der Waals surface area contributed by atoms with Gasteiger partial charge in [-0.15, -0.1) is 0 Å². The van der Waals surface area contributed by atoms with Crippen molar-refractivity contribution in [3.05, 3.63) is 0 Å². The third kappa shape index (κ3) is 5.37. The number of rotatable bonds is 6. The van der Waals surface area contributed by atoms with E-state index in [0.717, 1.165) is 19.1 Å². The molecular formula is C18H35NO. The fourth-order valence-corrected chi connectivity index (χ4v) is 3.39. The smallest absolute Gasteiger partial charge is 0.0806 e. The van der Waals surface area contributed by atoms with Gasteiger partial charge in [-0.2, -0.15) is 0 Å². The summed E-state index contributed by atoms with van der Waals surface area (Å²) in [6.07, 6.45) is 13.6. The van der Waals surface area contributed by atoms with Crippen molar-refractivity contribution in [2.75, 3.05) is 13.2 Å². The van der Waals surface area contributed by atoms with Gasteiger partial charge >= 0.3 is 0 Å². The molecule has 2 heteroatoms. The average molecular weight is 281 g/mol. The zero-order valence-corrected chi connectivity index (χ0v) is 14.0. The number of nitrogens with one attached hydrogen (secondary N) is 1. The molecule has 2 aliphatic carbocycles. The monoisotopic (exact) mass is 281 g/mol. The quantitative estimate of drug-likeness (QED) is 0.714. The highest BCUT2D eigenvalue weighted by Gasteiger charge is 2.33. The van der Waals surface area contributed by atoms with Crippen molar-refractivity contribution in [1.82, 2.24) is 5.32 Å². The molecule has 0 saturated heterocycles. The normalized spacial score (nSPS) is 24.1. The summed E-state index contributed by atoms with van der Waals surface area (Å²) < 4.78 is 6.49. The lowest BCUT2D eigenvalue weighted by Gasteiger charge is -2.37. The van der Waals surface area contributed by atoms with Crippen molar-refractivity contribution in [3.8, 4) is 0 Å². The van der Waals surface area contributed by atoms with Gasteiger partial charge in [0, 0.05) is 18.7 Å². The Morgan fingerprint density at radius 3 is 2.15 bits per heavy atom. The number of hydrogen-bond donors (Lipinski definition) is 1. The van der Waals surface area contributed by atoms with Gasteiger partial charge in [-0.1, -0.05) is 44.9 Å². The minimum atomic E-state index is 0.119. The number of ether oxygens (including phenoxy) is 1. The fourth-order valence-electron chi connectivity index (χ4n) is 3.39. The lowest BCUT2D eigenvalue weighted by molar-refractivity contribution is -0.0647. The molecule has 2 nitrogen and oxygen atoms in total. The summed E-state index contributed by atoms with van der Waals surface area (Å²) in [5.74, 6) is 0.966. The van der Waals surface area contributed by atoms with Crippen molar-refractivity contribution in [2.45, 2.75) is 96.1 Å². The van der Waals surface area contributed by atoms with Crippen LogP contribution in [0.1, 0.15) is 85.0 Å². The Kier molecular flexibility index (Phi) is 5.92. The van der Waals surface area contributed by atoms with Gasteiger partial charge < -0.3 is 10.1 Å². The highest BCUT2D eigenvalue weighted by atomic mass is 16.5. The van der Waals surface area contributed by atoms with Crippen LogP contribution in [0.2, 0.25) is 0 Å². The van der Waals surface area contributed by atoms with Gasteiger partial charge in [-0.05, 0) is 46.0 Å². The molecule has 118 valence electrons. The SMILES string of the molecule is CC(C)(C)NCC1(OCCC2CCC2)CCCCCC1. The first kappa shape index (κ1) is 16.3. The summed E-state index contributed by atoms with van der Waals surface area (Å²) in [7, 11) is 0. The van der Waals surface area contributed by atoms with Crippen molar-refractivity contribution in [2.24, 2.45) is 5.92 Å². The Bertz CT molecular complexity index is 270. The Morgan fingerprint density at radius 1 is 1.00 bits per heavy atom. The van der Waals surface area contributed by atoms with E-state index in [-0.39, 0.29) is 11.1 Å². The molecule has 0 aromatic carbocycles. The third-order valence-corrected chi connectivity index (χ3v) is 5.11. The van der Waals surface area contributed by atoms with Crippen LogP contribution in [-0.2, 0) is 4.74 Å². The highest BCUT2D eigenvalue weighted by molar-refractivity contribution is 4.88. The lowest BCUT2D eigenvalue weighted by atomic mass is 9.83. The molecule has 2 aliphatic rings. The van der Waals surface area contributed by atoms with Crippen LogP contribution in [0.25, 0.3) is 0 Å². The van der Waals surface area contributed by atoms with Crippen LogP contribution in [0, 0.1) is 5.92 Å². The second-order valence-corrected chi connectivity index (χ2v) is 8.13. The maximum atomic E-state index is 6.49. The average Bonchev–Trinajstić information content (AvgIpc) is 2.56. The van der Waals surface area contributed by atoms with Gasteiger partial charge in [0.1, 0.15) is 0 Å². The van der Waals surface area contributed by atoms with E-state index in [1.807, 2.05) is 0 Å². The molecule has 2 fully saturated rings. The molecule has 1 N–H and O–H groups in total. The van der Waals surface area contributed by atoms with Crippen molar-refractivity contribution >= 4 is 0 Å². The van der Waals surface area contributed by atoms with Crippen LogP contribution in [-0.4, -0.2) is 24.3 Å². The van der Waals surface area contributed by atoms with Gasteiger partial charge in [0.05, 0.1) is 5.60 Å². The molecule has 0 aromatic rings. The maximum Gasteiger partial charge on any atom is 0.0806 e. The van der Waals surface area contributed by atoms with Crippen LogP contribution >= 0.6 is 0 Å². The van der Waals surface area contributed by atoms with E-state index in [0.29, 0.717) is 0 Å². The van der Waals surface area contributed by atoms with Gasteiger partial charge in [0.2, 0.25) is 0 Å². The van der Waals surface area contributed by atoms with Crippen LogP contribution in [0.15, 0.2) is 0 Å². The molecule has 0 atom stereocenters. The summed E-state index contributed by atoms with van der Waals surface area (Å²) in [6, 6.07) is 0. The first-order valence-electron chi connectivity index (χ1n) is 8.88. The predicted octanol–water partition coefficient (Wildman–Crippen LogP) is 4.67. The van der Waals surface area contributed by atoms with Gasteiger partial charge in [0.15, 0.2) is 0 Å². The number of hydrogen-bond acceptors (Lipinski definition) is 2. The Balaban J connectivity index is 1.83. The van der Waals surface area contributed by atoms with E-state index in [1.54, 1.807) is 0 Å². The van der Waals surface area contributed by atoms with Gasteiger partial charge in [-0.25, -0.2) is 0 Å². The summed E-state index contributed by atoms with van der Waals surface area (Å²) in [5, 5.41) is 3.70. The summed E-state index contributed by atoms with van der Waals surface area (Å²) in [5.41, 5.74) is 0.310. The Morgan fingerprint density at radius 2 is 1.65 bits per heavy atom. The molecule has 0 spiro atoms. The first-order valence-corrected chi connectivity index (χ1v) is 8.88. The molecule has 2 rings (SSSR count). The molecular weight excluding hydrogens is 246 g/mol. The first-order chi connectivity index (χ1) is 9.49. The van der Waals surface area contributed by atoms with Crippen LogP contribution < -0.4 is 5.32 Å². The van der Waals surface area contributed by atoms with Crippen molar-refractivity contribution in [1.29, 1.82) is 0 Å². The maximum absolute atomic E-state index is 6.49. The van der Waals surface area contributed by atoms with Crippen LogP contribution in [0.5, 0.6) is 0 Å². The second-order valence-electron chi connectivity index (χ2n) is 8.13. The largest absolute Gasteiger partial charge is 0.374 e. The summed E-state index contributed by atoms with van der Waals surface area (Å²) >= 11 is 0. The molecule has 0 radical (unpaired) electrons. The van der Waals surface area contributed by atoms with Gasteiger partial charge in [0.25, 0.3) is 0 Å². The van der Waals surface area contributed by atoms with E-state index in [1.165, 1.54) is 64.2 Å². The van der Waals surface area contributed by atoms with E-state index in [9.17, 15) is 0 Å². The van der Waals surface area contributed by atoms with E-state index >= 15 is 0 Å². The molecule has 0 unspecified atom stereocenters. The van der Waals surface area contributed by atoms with Crippen molar-refractivity contribution < 1.29 is 4.74 Å². The molecule has 0 heterocycles. The van der Waals surface area contributed by atoms with E-state index < -0.39 is 0 Å². The van der Waals surface area contributed by atoms with Crippen LogP contribution in [0.4, 0.5) is 0 Å². The zero-order chi connectivity index (χ0) is 14.5. The van der Waals surface area contributed by atoms with Crippen molar-refractivity contribution in [3.63, 3.8) is 0 Å². The minimum absolute atomic E-state index is 0.119. The predicted molar refractivity (Wildman–Crippen MR) is 86.1 cm³/mol. The molecule has 0 aliphatic heterocycles.